The molecule has 13 heteroatoms. The zero-order valence-corrected chi connectivity index (χ0v) is 25.6. The number of amides is 1. The summed E-state index contributed by atoms with van der Waals surface area (Å²) in [6.07, 6.45) is -0.882. The van der Waals surface area contributed by atoms with Crippen LogP contribution in [0.2, 0.25) is 0 Å². The van der Waals surface area contributed by atoms with E-state index < -0.39 is 6.36 Å². The second kappa shape index (κ2) is 13.6. The van der Waals surface area contributed by atoms with Crippen LogP contribution in [-0.4, -0.2) is 49.6 Å². The number of anilines is 1. The van der Waals surface area contributed by atoms with Gasteiger partial charge in [-0.25, -0.2) is 9.67 Å². The molecule has 1 amide bonds. The van der Waals surface area contributed by atoms with Crippen LogP contribution in [0.1, 0.15) is 30.0 Å². The minimum Gasteiger partial charge on any atom is -0.406 e. The van der Waals surface area contributed by atoms with Crippen LogP contribution in [0.4, 0.5) is 18.9 Å². The summed E-state index contributed by atoms with van der Waals surface area (Å²) < 4.78 is 42.7. The molecule has 0 radical (unpaired) electrons. The fraction of sp³-hybridized carbons (Fsp3) is 0.258. The summed E-state index contributed by atoms with van der Waals surface area (Å²) in [4.78, 5) is 23.3. The molecule has 1 N–H and O–H groups in total. The number of benzene rings is 3. The maximum Gasteiger partial charge on any atom is 0.573 e. The van der Waals surface area contributed by atoms with Gasteiger partial charge in [-0.15, -0.1) is 18.3 Å². The number of nitrogens with zero attached hydrogens (tertiary/aromatic N) is 5. The molecule has 1 fully saturated rings. The number of nitrogens with one attached hydrogen (secondary N) is 1. The van der Waals surface area contributed by atoms with Gasteiger partial charge in [-0.1, -0.05) is 49.0 Å². The molecule has 0 unspecified atom stereocenters. The van der Waals surface area contributed by atoms with E-state index >= 15 is 0 Å². The average molecular weight is 639 g/mol. The third-order valence-electron chi connectivity index (χ3n) is 6.76. The van der Waals surface area contributed by atoms with Crippen molar-refractivity contribution < 1.29 is 22.7 Å². The van der Waals surface area contributed by atoms with E-state index in [9.17, 15) is 18.0 Å². The van der Waals surface area contributed by atoms with Crippen LogP contribution >= 0.6 is 24.0 Å². The topological polar surface area (TPSA) is 84.6 Å². The lowest BCUT2D eigenvalue weighted by Crippen LogP contribution is -2.32. The Morgan fingerprint density at radius 3 is 2.68 bits per heavy atom. The van der Waals surface area contributed by atoms with Crippen LogP contribution in [0, 0.1) is 6.92 Å². The minimum atomic E-state index is -4.75. The van der Waals surface area contributed by atoms with Crippen LogP contribution in [0.25, 0.3) is 17.1 Å². The summed E-state index contributed by atoms with van der Waals surface area (Å²) in [6.45, 7) is 4.66. The monoisotopic (exact) mass is 638 g/mol. The number of thiocarbonyl (C=S) groups is 1. The quantitative estimate of drug-likeness (QED) is 0.162. The first-order chi connectivity index (χ1) is 21.1. The van der Waals surface area contributed by atoms with Gasteiger partial charge in [0.2, 0.25) is 5.91 Å². The normalized spacial score (nSPS) is 14.3. The molecule has 8 nitrogen and oxygen atoms in total. The summed E-state index contributed by atoms with van der Waals surface area (Å²) in [6, 6.07) is 19.4. The SMILES string of the molecule is CCc1ccc(C)cc1N1C(=O)CS/C1=N\C(=S)NCCCc1cccc(-c2ncn(-c3ccc(OC(F)(F)F)cc3)n2)c1. The van der Waals surface area contributed by atoms with Gasteiger partial charge in [-0.3, -0.25) is 9.69 Å². The van der Waals surface area contributed by atoms with Crippen LogP contribution in [0.5, 0.6) is 5.75 Å². The largest absolute Gasteiger partial charge is 0.573 e. The summed E-state index contributed by atoms with van der Waals surface area (Å²) >= 11 is 6.86. The maximum atomic E-state index is 12.7. The number of rotatable bonds is 9. The lowest BCUT2D eigenvalue weighted by molar-refractivity contribution is -0.274. The molecule has 4 aromatic rings. The highest BCUT2D eigenvalue weighted by Crippen LogP contribution is 2.31. The van der Waals surface area contributed by atoms with Crippen LogP contribution in [-0.2, 0) is 17.6 Å². The smallest absolute Gasteiger partial charge is 0.406 e. The Bertz CT molecular complexity index is 1690. The lowest BCUT2D eigenvalue weighted by atomic mass is 10.1. The zero-order valence-electron chi connectivity index (χ0n) is 24.0. The Hall–Kier alpha value is -4.23. The molecule has 0 aliphatic carbocycles. The van der Waals surface area contributed by atoms with Gasteiger partial charge in [-0.05, 0) is 91.5 Å². The second-order valence-corrected chi connectivity index (χ2v) is 11.3. The molecule has 1 saturated heterocycles. The molecule has 0 saturated carbocycles. The summed E-state index contributed by atoms with van der Waals surface area (Å²) in [7, 11) is 0. The molecule has 228 valence electrons. The Kier molecular flexibility index (Phi) is 9.64. The first-order valence-corrected chi connectivity index (χ1v) is 15.3. The second-order valence-electron chi connectivity index (χ2n) is 9.99. The maximum absolute atomic E-state index is 12.7. The number of halogens is 3. The van der Waals surface area contributed by atoms with Gasteiger partial charge in [0.1, 0.15) is 12.1 Å². The molecular weight excluding hydrogens is 610 g/mol. The highest BCUT2D eigenvalue weighted by molar-refractivity contribution is 8.15. The van der Waals surface area contributed by atoms with Crippen LogP contribution < -0.4 is 15.0 Å². The first kappa shape index (κ1) is 31.2. The van der Waals surface area contributed by atoms with Crippen molar-refractivity contribution in [3.05, 3.63) is 89.7 Å². The van der Waals surface area contributed by atoms with Crippen molar-refractivity contribution in [3.63, 3.8) is 0 Å². The Morgan fingerprint density at radius 1 is 1.14 bits per heavy atom. The molecule has 0 spiro atoms. The minimum absolute atomic E-state index is 0.00973. The summed E-state index contributed by atoms with van der Waals surface area (Å²) in [5.41, 5.74) is 5.46. The van der Waals surface area contributed by atoms with Gasteiger partial charge >= 0.3 is 6.36 Å². The van der Waals surface area contributed by atoms with E-state index in [2.05, 4.69) is 32.1 Å². The van der Waals surface area contributed by atoms with Crippen molar-refractivity contribution in [1.29, 1.82) is 0 Å². The van der Waals surface area contributed by atoms with Crippen molar-refractivity contribution in [2.75, 3.05) is 17.2 Å². The number of carbonyl (C=O) groups excluding carboxylic acids is 1. The highest BCUT2D eigenvalue weighted by atomic mass is 32.2. The van der Waals surface area contributed by atoms with E-state index in [1.54, 1.807) is 4.90 Å². The number of hydrogen-bond acceptors (Lipinski definition) is 6. The fourth-order valence-electron chi connectivity index (χ4n) is 4.66. The van der Waals surface area contributed by atoms with Crippen molar-refractivity contribution in [3.8, 4) is 22.8 Å². The van der Waals surface area contributed by atoms with E-state index in [-0.39, 0.29) is 11.7 Å². The fourth-order valence-corrected chi connectivity index (χ4v) is 5.78. The highest BCUT2D eigenvalue weighted by Gasteiger charge is 2.32. The molecule has 5 rings (SSSR count). The summed E-state index contributed by atoms with van der Waals surface area (Å²) in [5.74, 6) is 0.500. The van der Waals surface area contributed by atoms with E-state index in [0.717, 1.165) is 47.2 Å². The number of aliphatic imine (C=N–C) groups is 1. The number of amidine groups is 1. The molecule has 0 bridgehead atoms. The number of aromatic nitrogens is 3. The third-order valence-corrected chi connectivity index (χ3v) is 7.91. The molecule has 2 heterocycles. The number of ether oxygens (including phenoxy) is 1. The standard InChI is InChI=1S/C31H29F3N6O2S2/c1-3-22-10-9-20(2)16-26(22)40-27(41)18-44-30(40)37-29(43)35-15-5-7-21-6-4-8-23(17-21)28-36-19-39(38-28)24-11-13-25(14-12-24)42-31(32,33)34/h4,6,8-14,16-17,19H,3,5,7,15,18H2,1-2H3,(H,35,43)/b37-30-. The van der Waals surface area contributed by atoms with Gasteiger partial charge in [0, 0.05) is 12.1 Å². The number of thioether (sulfide) groups is 1. The number of carbonyl (C=O) groups is 1. The molecule has 3 aromatic carbocycles. The van der Waals surface area contributed by atoms with Crippen molar-refractivity contribution in [1.82, 2.24) is 20.1 Å². The molecule has 0 atom stereocenters. The first-order valence-electron chi connectivity index (χ1n) is 13.9. The van der Waals surface area contributed by atoms with E-state index in [1.165, 1.54) is 47.0 Å². The Labute approximate surface area is 262 Å². The Morgan fingerprint density at radius 2 is 1.93 bits per heavy atom. The molecule has 44 heavy (non-hydrogen) atoms. The lowest BCUT2D eigenvalue weighted by Gasteiger charge is -2.20. The van der Waals surface area contributed by atoms with E-state index in [1.807, 2.05) is 49.4 Å². The number of alkyl halides is 3. The van der Waals surface area contributed by atoms with E-state index in [4.69, 9.17) is 12.2 Å². The van der Waals surface area contributed by atoms with Gasteiger partial charge < -0.3 is 10.1 Å². The van der Waals surface area contributed by atoms with Gasteiger partial charge in [-0.2, -0.15) is 4.99 Å². The Balaban J connectivity index is 1.16. The predicted octanol–water partition coefficient (Wildman–Crippen LogP) is 6.65. The molecule has 1 aliphatic heterocycles. The molecular formula is C31H29F3N6O2S2. The zero-order chi connectivity index (χ0) is 31.3. The number of hydrogen-bond donors (Lipinski definition) is 1. The van der Waals surface area contributed by atoms with E-state index in [0.29, 0.717) is 34.1 Å². The van der Waals surface area contributed by atoms with Crippen LogP contribution in [0.15, 0.2) is 78.0 Å². The van der Waals surface area contributed by atoms with Crippen molar-refractivity contribution in [2.24, 2.45) is 4.99 Å². The average Bonchev–Trinajstić information content (AvgIpc) is 3.62. The molecule has 1 aliphatic rings. The summed E-state index contributed by atoms with van der Waals surface area (Å²) in [5, 5.41) is 8.58. The number of aryl methyl sites for hydroxylation is 3. The third kappa shape index (κ3) is 7.83. The van der Waals surface area contributed by atoms with Crippen molar-refractivity contribution >= 4 is 45.9 Å². The van der Waals surface area contributed by atoms with Gasteiger partial charge in [0.05, 0.1) is 17.1 Å². The van der Waals surface area contributed by atoms with Crippen molar-refractivity contribution in [2.45, 2.75) is 39.5 Å². The van der Waals surface area contributed by atoms with Crippen LogP contribution in [0.3, 0.4) is 0 Å². The predicted molar refractivity (Wildman–Crippen MR) is 170 cm³/mol. The van der Waals surface area contributed by atoms with Gasteiger partial charge in [0.15, 0.2) is 16.1 Å². The van der Waals surface area contributed by atoms with Gasteiger partial charge in [0.25, 0.3) is 0 Å². The molecule has 1 aromatic heterocycles.